The van der Waals surface area contributed by atoms with Crippen molar-refractivity contribution in [3.63, 3.8) is 0 Å². The fourth-order valence-corrected chi connectivity index (χ4v) is 4.78. The molecule has 1 aliphatic heterocycles. The van der Waals surface area contributed by atoms with Gasteiger partial charge < -0.3 is 20.5 Å². The lowest BCUT2D eigenvalue weighted by atomic mass is 9.81. The molecule has 3 aromatic rings. The molecule has 0 radical (unpaired) electrons. The zero-order valence-corrected chi connectivity index (χ0v) is 19.0. The minimum absolute atomic E-state index is 0.252. The van der Waals surface area contributed by atoms with Gasteiger partial charge in [-0.1, -0.05) is 0 Å². The Kier molecular flexibility index (Phi) is 5.06. The summed E-state index contributed by atoms with van der Waals surface area (Å²) in [5.41, 5.74) is -1.92. The van der Waals surface area contributed by atoms with Crippen LogP contribution < -0.4 is 15.4 Å². The smallest absolute Gasteiger partial charge is 0.433 e. The van der Waals surface area contributed by atoms with Crippen LogP contribution in [0.3, 0.4) is 0 Å². The van der Waals surface area contributed by atoms with Gasteiger partial charge in [-0.15, -0.1) is 11.3 Å². The largest absolute Gasteiger partial charge is 0.475 e. The number of rotatable bonds is 4. The lowest BCUT2D eigenvalue weighted by Gasteiger charge is -2.34. The maximum Gasteiger partial charge on any atom is 0.433 e. The van der Waals surface area contributed by atoms with Crippen molar-refractivity contribution in [2.45, 2.75) is 50.5 Å². The van der Waals surface area contributed by atoms with Crippen LogP contribution in [0.25, 0.3) is 10.4 Å². The van der Waals surface area contributed by atoms with E-state index in [1.807, 2.05) is 0 Å². The summed E-state index contributed by atoms with van der Waals surface area (Å²) in [6.07, 6.45) is 0.191. The van der Waals surface area contributed by atoms with Crippen LogP contribution in [0.2, 0.25) is 0 Å². The molecule has 1 aromatic carbocycles. The number of carbonyl (C=O) groups excluding carboxylic acids is 1. The van der Waals surface area contributed by atoms with Crippen LogP contribution in [0.4, 0.5) is 30.5 Å². The Morgan fingerprint density at radius 2 is 2.00 bits per heavy atom. The number of aromatic nitrogens is 3. The van der Waals surface area contributed by atoms with E-state index in [9.17, 15) is 23.1 Å². The first-order valence-corrected chi connectivity index (χ1v) is 11.3. The summed E-state index contributed by atoms with van der Waals surface area (Å²) in [5.74, 6) is -0.221. The van der Waals surface area contributed by atoms with Gasteiger partial charge in [0.2, 0.25) is 5.95 Å². The highest BCUT2D eigenvalue weighted by atomic mass is 32.1. The van der Waals surface area contributed by atoms with E-state index >= 15 is 0 Å². The predicted octanol–water partition coefficient (Wildman–Crippen LogP) is 4.84. The van der Waals surface area contributed by atoms with Gasteiger partial charge in [0.15, 0.2) is 11.4 Å². The fourth-order valence-electron chi connectivity index (χ4n) is 3.71. The first-order chi connectivity index (χ1) is 15.9. The van der Waals surface area contributed by atoms with Crippen molar-refractivity contribution in [1.82, 2.24) is 15.0 Å². The Morgan fingerprint density at radius 3 is 2.68 bits per heavy atom. The standard InChI is InChI=1S/C22H20F3N5O3S/c1-20(2)17(31)29-13-9-11(28-19-26-7-4-15(30-19)22(23,24)25)8-12(16(13)33-20)14-10-27-18(34-14)21(32)5-3-6-21/h4,7-10,32H,3,5-6H2,1-2H3,(H,29,31)(H,26,28,30). The highest BCUT2D eigenvalue weighted by Crippen LogP contribution is 2.49. The molecular weight excluding hydrogens is 471 g/mol. The molecule has 1 amide bonds. The van der Waals surface area contributed by atoms with Crippen molar-refractivity contribution >= 4 is 34.6 Å². The van der Waals surface area contributed by atoms with E-state index in [2.05, 4.69) is 25.6 Å². The lowest BCUT2D eigenvalue weighted by Crippen LogP contribution is -2.45. The van der Waals surface area contributed by atoms with Gasteiger partial charge in [0.25, 0.3) is 5.91 Å². The van der Waals surface area contributed by atoms with E-state index in [-0.39, 0.29) is 11.9 Å². The number of aliphatic hydroxyl groups is 1. The molecule has 178 valence electrons. The lowest BCUT2D eigenvalue weighted by molar-refractivity contribution is -0.141. The van der Waals surface area contributed by atoms with E-state index in [0.717, 1.165) is 18.7 Å². The van der Waals surface area contributed by atoms with Gasteiger partial charge in [0.1, 0.15) is 16.3 Å². The molecular formula is C22H20F3N5O3S. The highest BCUT2D eigenvalue weighted by Gasteiger charge is 2.40. The molecule has 0 atom stereocenters. The van der Waals surface area contributed by atoms with Crippen LogP contribution in [-0.4, -0.2) is 31.6 Å². The minimum Gasteiger partial charge on any atom is -0.475 e. The molecule has 2 aromatic heterocycles. The molecule has 3 heterocycles. The molecule has 1 aliphatic carbocycles. The zero-order chi connectivity index (χ0) is 24.3. The number of nitrogens with zero attached hydrogens (tertiary/aromatic N) is 3. The van der Waals surface area contributed by atoms with Crippen molar-refractivity contribution in [2.75, 3.05) is 10.6 Å². The summed E-state index contributed by atoms with van der Waals surface area (Å²) in [7, 11) is 0. The van der Waals surface area contributed by atoms with E-state index in [1.165, 1.54) is 17.4 Å². The summed E-state index contributed by atoms with van der Waals surface area (Å²) < 4.78 is 45.2. The van der Waals surface area contributed by atoms with Gasteiger partial charge in [-0.3, -0.25) is 4.79 Å². The Balaban J connectivity index is 1.57. The van der Waals surface area contributed by atoms with Gasteiger partial charge in [-0.05, 0) is 51.3 Å². The molecule has 2 aliphatic rings. The van der Waals surface area contributed by atoms with Gasteiger partial charge >= 0.3 is 6.18 Å². The van der Waals surface area contributed by atoms with Crippen molar-refractivity contribution in [1.29, 1.82) is 0 Å². The monoisotopic (exact) mass is 491 g/mol. The number of benzene rings is 1. The molecule has 3 N–H and O–H groups in total. The number of anilines is 3. The van der Waals surface area contributed by atoms with E-state index in [1.54, 1.807) is 26.1 Å². The third-order valence-electron chi connectivity index (χ3n) is 5.79. The van der Waals surface area contributed by atoms with E-state index in [0.29, 0.717) is 45.4 Å². The Bertz CT molecular complexity index is 1290. The summed E-state index contributed by atoms with van der Waals surface area (Å²) in [4.78, 5) is 25.0. The number of nitrogens with one attached hydrogen (secondary N) is 2. The van der Waals surface area contributed by atoms with Crippen LogP contribution in [0.5, 0.6) is 5.75 Å². The second kappa shape index (κ2) is 7.64. The van der Waals surface area contributed by atoms with Crippen LogP contribution in [0, 0.1) is 0 Å². The van der Waals surface area contributed by atoms with Crippen LogP contribution in [0.1, 0.15) is 43.8 Å². The third-order valence-corrected chi connectivity index (χ3v) is 7.02. The van der Waals surface area contributed by atoms with E-state index in [4.69, 9.17) is 4.74 Å². The van der Waals surface area contributed by atoms with Gasteiger partial charge in [-0.2, -0.15) is 13.2 Å². The number of alkyl halides is 3. The van der Waals surface area contributed by atoms with Gasteiger partial charge in [0, 0.05) is 23.6 Å². The SMILES string of the molecule is CC1(C)Oc2c(cc(Nc3nccc(C(F)(F)F)n3)cc2-c2cnc(C3(O)CCC3)s2)NC1=O. The first kappa shape index (κ1) is 22.5. The van der Waals surface area contributed by atoms with Gasteiger partial charge in [-0.25, -0.2) is 15.0 Å². The fraction of sp³-hybridized carbons (Fsp3) is 0.364. The molecule has 34 heavy (non-hydrogen) atoms. The maximum absolute atomic E-state index is 13.1. The quantitative estimate of drug-likeness (QED) is 0.479. The van der Waals surface area contributed by atoms with Crippen molar-refractivity contribution < 1.29 is 27.8 Å². The average Bonchev–Trinajstić information content (AvgIpc) is 3.23. The van der Waals surface area contributed by atoms with Crippen molar-refractivity contribution in [2.24, 2.45) is 0 Å². The maximum atomic E-state index is 13.1. The summed E-state index contributed by atoms with van der Waals surface area (Å²) in [6.45, 7) is 3.26. The second-order valence-electron chi connectivity index (χ2n) is 8.77. The molecule has 0 bridgehead atoms. The molecule has 1 fully saturated rings. The molecule has 8 nitrogen and oxygen atoms in total. The third kappa shape index (κ3) is 3.96. The normalized spacial score (nSPS) is 18.4. The summed E-state index contributed by atoms with van der Waals surface area (Å²) in [5, 5.41) is 16.8. The number of hydrogen-bond donors (Lipinski definition) is 3. The second-order valence-corrected chi connectivity index (χ2v) is 9.80. The van der Waals surface area contributed by atoms with Crippen LogP contribution in [-0.2, 0) is 16.6 Å². The Morgan fingerprint density at radius 1 is 1.24 bits per heavy atom. The predicted molar refractivity (Wildman–Crippen MR) is 119 cm³/mol. The molecule has 1 saturated carbocycles. The number of amides is 1. The molecule has 0 unspecified atom stereocenters. The summed E-state index contributed by atoms with van der Waals surface area (Å²) >= 11 is 1.30. The summed E-state index contributed by atoms with van der Waals surface area (Å²) in [6, 6.07) is 3.98. The first-order valence-electron chi connectivity index (χ1n) is 10.5. The Hall–Kier alpha value is -3.25. The zero-order valence-electron chi connectivity index (χ0n) is 18.2. The van der Waals surface area contributed by atoms with Gasteiger partial charge in [0.05, 0.1) is 10.6 Å². The van der Waals surface area contributed by atoms with E-state index < -0.39 is 23.1 Å². The van der Waals surface area contributed by atoms with Crippen molar-refractivity contribution in [3.05, 3.63) is 41.3 Å². The topological polar surface area (TPSA) is 109 Å². The van der Waals surface area contributed by atoms with Crippen LogP contribution in [0.15, 0.2) is 30.6 Å². The number of ether oxygens (including phenoxy) is 1. The number of fused-ring (bicyclic) bond motifs is 1. The highest BCUT2D eigenvalue weighted by molar-refractivity contribution is 7.15. The number of hydrogen-bond acceptors (Lipinski definition) is 8. The minimum atomic E-state index is -4.62. The number of thiazole rings is 1. The molecule has 0 spiro atoms. The van der Waals surface area contributed by atoms with Crippen molar-refractivity contribution in [3.8, 4) is 16.2 Å². The average molecular weight is 491 g/mol. The molecule has 0 saturated heterocycles. The molecule has 5 rings (SSSR count). The molecule has 12 heteroatoms. The van der Waals surface area contributed by atoms with Crippen LogP contribution >= 0.6 is 11.3 Å². The Labute approximate surface area is 196 Å². The number of halogens is 3. The number of carbonyl (C=O) groups is 1.